The number of nitrogens with zero attached hydrogens (tertiary/aromatic N) is 7. The number of carbonyl (C=O) groups is 1. The van der Waals surface area contributed by atoms with Crippen molar-refractivity contribution in [2.24, 2.45) is 28.8 Å². The average Bonchev–Trinajstić information content (AvgIpc) is 2.70. The van der Waals surface area contributed by atoms with Crippen LogP contribution >= 0.6 is 0 Å². The molecule has 0 aliphatic carbocycles. The molecule has 3 aromatic rings. The number of likely N-dealkylation sites (N-methyl/N-ethyl adjacent to an activating group) is 1. The Balaban J connectivity index is 1.18. The second kappa shape index (κ2) is 29.1. The molecule has 0 unspecified atom stereocenters. The molecule has 7 rings (SSSR count). The number of anilines is 1. The molecular formula is C60H96FN9O14. The molecule has 4 aliphatic rings. The maximum Gasteiger partial charge on any atom is 0.311 e. The molecule has 472 valence electrons. The van der Waals surface area contributed by atoms with Gasteiger partial charge in [-0.3, -0.25) is 4.79 Å². The van der Waals surface area contributed by atoms with Crippen molar-refractivity contribution in [3.63, 3.8) is 0 Å². The lowest BCUT2D eigenvalue weighted by molar-refractivity contribution is -0.319. The molecule has 2 aromatic heterocycles. The lowest BCUT2D eigenvalue weighted by atomic mass is 9.73. The lowest BCUT2D eigenvalue weighted by Gasteiger charge is -2.50. The van der Waals surface area contributed by atoms with Gasteiger partial charge in [0.15, 0.2) is 12.6 Å². The largest absolute Gasteiger partial charge is 0.459 e. The van der Waals surface area contributed by atoms with E-state index in [2.05, 4.69) is 25.6 Å². The number of hydrogen-bond donors (Lipinski definition) is 6. The number of aliphatic hydroxyl groups excluding tert-OH is 3. The zero-order chi connectivity index (χ0) is 61.4. The molecule has 0 bridgehead atoms. The molecule has 84 heavy (non-hydrogen) atoms. The quantitative estimate of drug-likeness (QED) is 0.0669. The third-order valence-corrected chi connectivity index (χ3v) is 18.4. The van der Waals surface area contributed by atoms with Crippen LogP contribution in [-0.4, -0.2) is 207 Å². The lowest BCUT2D eigenvalue weighted by Crippen LogP contribution is -2.61. The summed E-state index contributed by atoms with van der Waals surface area (Å²) in [5, 5.41) is 65.3. The van der Waals surface area contributed by atoms with Gasteiger partial charge in [-0.15, -0.1) is 5.10 Å². The standard InChI is InChI=1S/C60H96FN9O14/c1-15-46-60(10,75)52(72)35(4)48(67-84-43-17-16-23-63-31-43)33(2)26-59(9,78-14)54(36(5)50(37(6)55(74)81-46)82-47-27-58(8,77-13)53(73)38(7)80-47)83-56-49(71)44(25-34(3)79-56)69(11)24-22-42-32-70(68-66-42)45(28-61)51(76-12)40-20-18-39(19-21-40)41-29-64-57(62)65-30-41/h18-21,29-30,32-38,43-47,49-54,56,63,71-73,75H,15-17,22-28,31H2,1-14H3,(H2,62,64,65)/b67-48+/t33-,34-,35+,36+,37-,38+,43-,44+,45-,46-,47+,49-,50+,51-,52-,53+,54-,56+,58-,59-,60-/m1/s1. The molecule has 0 amide bonds. The fourth-order valence-electron chi connectivity index (χ4n) is 12.9. The van der Waals surface area contributed by atoms with Crippen LogP contribution in [0, 0.1) is 23.7 Å². The van der Waals surface area contributed by atoms with Crippen molar-refractivity contribution in [3.05, 3.63) is 54.1 Å². The van der Waals surface area contributed by atoms with Crippen molar-refractivity contribution < 1.29 is 72.3 Å². The molecule has 0 spiro atoms. The molecule has 4 fully saturated rings. The number of ether oxygens (including phenoxy) is 8. The SMILES string of the molecule is CC[C@H]1OC(=O)[C@H](C)[C@@H](O[C@H]2C[C@@](C)(OC)[C@@H](O)[C@H](C)O2)[C@H](C)[C@@H](O[C@@H]2O[C@H](C)C[C@H](N(C)CCc3cn([C@H](CF)[C@H](OC)c4ccc(-c5cnc(N)nc5)cc4)nn3)[C@H]2O)[C@](C)(OC)C[C@@H](C)/C(=N\O[C@@H]2CCCNC2)[C@H](C)[C@@H](O)[C@]1(C)O. The van der Waals surface area contributed by atoms with Crippen LogP contribution in [0.25, 0.3) is 11.1 Å². The van der Waals surface area contributed by atoms with E-state index in [1.54, 1.807) is 60.3 Å². The summed E-state index contributed by atoms with van der Waals surface area (Å²) in [6.07, 6.45) is -3.42. The number of aliphatic hydroxyl groups is 4. The van der Waals surface area contributed by atoms with Gasteiger partial charge in [0, 0.05) is 95.2 Å². The third-order valence-electron chi connectivity index (χ3n) is 18.4. The zero-order valence-electron chi connectivity index (χ0n) is 51.7. The monoisotopic (exact) mass is 1190 g/mol. The maximum absolute atomic E-state index is 15.0. The second-order valence-electron chi connectivity index (χ2n) is 24.6. The fourth-order valence-corrected chi connectivity index (χ4v) is 12.9. The van der Waals surface area contributed by atoms with E-state index in [9.17, 15) is 25.2 Å². The molecule has 1 aromatic carbocycles. The Labute approximate surface area is 494 Å². The number of oxime groups is 1. The molecular weight excluding hydrogens is 1090 g/mol. The van der Waals surface area contributed by atoms with E-state index >= 15 is 4.39 Å². The predicted molar refractivity (Wildman–Crippen MR) is 310 cm³/mol. The number of benzene rings is 1. The van der Waals surface area contributed by atoms with Crippen molar-refractivity contribution in [2.75, 3.05) is 60.4 Å². The Bertz CT molecular complexity index is 2570. The number of alkyl halides is 1. The summed E-state index contributed by atoms with van der Waals surface area (Å²) in [6.45, 7) is 18.9. The van der Waals surface area contributed by atoms with Gasteiger partial charge in [-0.1, -0.05) is 62.3 Å². The zero-order valence-corrected chi connectivity index (χ0v) is 51.7. The summed E-state index contributed by atoms with van der Waals surface area (Å²) in [5.41, 5.74) is 4.76. The van der Waals surface area contributed by atoms with Crippen LogP contribution in [0.5, 0.6) is 0 Å². The highest BCUT2D eigenvalue weighted by atomic mass is 19.1. The van der Waals surface area contributed by atoms with Gasteiger partial charge in [0.25, 0.3) is 0 Å². The highest BCUT2D eigenvalue weighted by molar-refractivity contribution is 5.89. The minimum atomic E-state index is -1.96. The number of rotatable bonds is 19. The summed E-state index contributed by atoms with van der Waals surface area (Å²) in [6, 6.07) is 6.18. The van der Waals surface area contributed by atoms with Crippen LogP contribution < -0.4 is 11.1 Å². The van der Waals surface area contributed by atoms with Gasteiger partial charge < -0.3 is 79.1 Å². The van der Waals surface area contributed by atoms with Crippen molar-refractivity contribution >= 4 is 17.6 Å². The molecule has 4 aliphatic heterocycles. The second-order valence-corrected chi connectivity index (χ2v) is 24.6. The molecule has 24 heteroatoms. The number of nitrogen functional groups attached to an aromatic ring is 1. The van der Waals surface area contributed by atoms with Crippen LogP contribution in [0.3, 0.4) is 0 Å². The van der Waals surface area contributed by atoms with Crippen molar-refractivity contribution in [2.45, 2.75) is 217 Å². The van der Waals surface area contributed by atoms with E-state index in [4.69, 9.17) is 53.6 Å². The van der Waals surface area contributed by atoms with Gasteiger partial charge >= 0.3 is 5.97 Å². The first-order valence-corrected chi connectivity index (χ1v) is 29.8. The van der Waals surface area contributed by atoms with Crippen molar-refractivity contribution in [3.8, 4) is 11.1 Å². The van der Waals surface area contributed by atoms with Crippen molar-refractivity contribution in [1.29, 1.82) is 0 Å². The number of aromatic nitrogens is 5. The summed E-state index contributed by atoms with van der Waals surface area (Å²) < 4.78 is 68.2. The number of nitrogens with one attached hydrogen (secondary N) is 1. The normalized spacial score (nSPS) is 38.0. The van der Waals surface area contributed by atoms with Gasteiger partial charge in [0.05, 0.1) is 59.0 Å². The van der Waals surface area contributed by atoms with Gasteiger partial charge in [0.2, 0.25) is 5.95 Å². The minimum Gasteiger partial charge on any atom is -0.459 e. The number of methoxy groups -OCH3 is 3. The smallest absolute Gasteiger partial charge is 0.311 e. The molecule has 21 atom stereocenters. The average molecular weight is 1190 g/mol. The van der Waals surface area contributed by atoms with Crippen LogP contribution in [0.15, 0.2) is 48.0 Å². The Morgan fingerprint density at radius 1 is 0.940 bits per heavy atom. The van der Waals surface area contributed by atoms with Gasteiger partial charge in [-0.05, 0) is 98.4 Å². The van der Waals surface area contributed by atoms with Gasteiger partial charge in [-0.2, -0.15) is 0 Å². The molecule has 7 N–H and O–H groups in total. The number of hydrogen-bond acceptors (Lipinski definition) is 22. The third kappa shape index (κ3) is 15.3. The molecule has 0 radical (unpaired) electrons. The van der Waals surface area contributed by atoms with Crippen LogP contribution in [0.1, 0.15) is 131 Å². The maximum atomic E-state index is 15.0. The van der Waals surface area contributed by atoms with E-state index in [1.807, 2.05) is 63.9 Å². The number of halogens is 1. The Kier molecular flexibility index (Phi) is 23.2. The van der Waals surface area contributed by atoms with E-state index < -0.39 is 133 Å². The molecule has 4 saturated heterocycles. The Morgan fingerprint density at radius 2 is 1.63 bits per heavy atom. The van der Waals surface area contributed by atoms with Crippen LogP contribution in [0.4, 0.5) is 10.3 Å². The number of piperidine rings is 1. The van der Waals surface area contributed by atoms with Crippen molar-refractivity contribution in [1.82, 2.24) is 35.2 Å². The van der Waals surface area contributed by atoms with E-state index in [0.717, 1.165) is 36.1 Å². The molecule has 6 heterocycles. The van der Waals surface area contributed by atoms with E-state index in [0.29, 0.717) is 37.3 Å². The van der Waals surface area contributed by atoms with Crippen LogP contribution in [-0.2, 0) is 53.9 Å². The first-order valence-electron chi connectivity index (χ1n) is 29.8. The summed E-state index contributed by atoms with van der Waals surface area (Å²) in [5.74, 6) is -3.73. The predicted octanol–water partition coefficient (Wildman–Crippen LogP) is 5.14. The summed E-state index contributed by atoms with van der Waals surface area (Å²) in [4.78, 5) is 31.2. The number of esters is 1. The molecule has 23 nitrogen and oxygen atoms in total. The Morgan fingerprint density at radius 3 is 2.25 bits per heavy atom. The van der Waals surface area contributed by atoms with Crippen LogP contribution in [0.2, 0.25) is 0 Å². The Hall–Kier alpha value is -4.41. The topological polar surface area (TPSA) is 291 Å². The van der Waals surface area contributed by atoms with Gasteiger partial charge in [-0.25, -0.2) is 19.0 Å². The highest BCUT2D eigenvalue weighted by Gasteiger charge is 2.54. The first kappa shape index (κ1) is 67.1. The van der Waals surface area contributed by atoms with Gasteiger partial charge in [0.1, 0.15) is 48.8 Å². The number of cyclic esters (lactones) is 1. The minimum absolute atomic E-state index is 0.0883. The first-order chi connectivity index (χ1) is 39.8. The summed E-state index contributed by atoms with van der Waals surface area (Å²) >= 11 is 0. The summed E-state index contributed by atoms with van der Waals surface area (Å²) in [7, 11) is 6.50. The fraction of sp³-hybridized carbons (Fsp3) is 0.767. The highest BCUT2D eigenvalue weighted by Crippen LogP contribution is 2.43. The molecule has 0 saturated carbocycles. The number of nitrogens with two attached hydrogens (primary N) is 1. The van der Waals surface area contributed by atoms with E-state index in [1.165, 1.54) is 25.8 Å². The number of carbonyl (C=O) groups excluding carboxylic acids is 1. The van der Waals surface area contributed by atoms with E-state index in [-0.39, 0.29) is 31.3 Å².